The summed E-state index contributed by atoms with van der Waals surface area (Å²) in [6, 6.07) is 10.9. The lowest BCUT2D eigenvalue weighted by Gasteiger charge is -2.37. The van der Waals surface area contributed by atoms with Crippen LogP contribution in [0.3, 0.4) is 0 Å². The third kappa shape index (κ3) is 8.03. The van der Waals surface area contributed by atoms with Crippen molar-refractivity contribution in [1.82, 2.24) is 14.9 Å². The van der Waals surface area contributed by atoms with Crippen LogP contribution in [0.5, 0.6) is 11.5 Å². The number of anilines is 6. The first-order chi connectivity index (χ1) is 20.1. The zero-order valence-electron chi connectivity index (χ0n) is 24.7. The van der Waals surface area contributed by atoms with E-state index in [9.17, 15) is 4.79 Å². The van der Waals surface area contributed by atoms with Crippen molar-refractivity contribution >= 4 is 51.9 Å². The summed E-state index contributed by atoms with van der Waals surface area (Å²) in [5.41, 5.74) is 2.79. The van der Waals surface area contributed by atoms with Gasteiger partial charge < -0.3 is 40.0 Å². The molecule has 42 heavy (non-hydrogen) atoms. The third-order valence-electron chi connectivity index (χ3n) is 6.67. The van der Waals surface area contributed by atoms with Gasteiger partial charge in [-0.15, -0.1) is 0 Å². The summed E-state index contributed by atoms with van der Waals surface area (Å²) in [7, 11) is 7.58. The number of hydrogen-bond acceptors (Lipinski definition) is 10. The summed E-state index contributed by atoms with van der Waals surface area (Å²) in [6.45, 7) is 9.18. The number of carbonyl (C=O) groups is 1. The molecule has 0 spiro atoms. The Labute approximate surface area is 251 Å². The van der Waals surface area contributed by atoms with E-state index in [0.29, 0.717) is 59.4 Å². The summed E-state index contributed by atoms with van der Waals surface area (Å²) in [4.78, 5) is 25.1. The Balaban J connectivity index is 1.51. The molecule has 1 aliphatic heterocycles. The van der Waals surface area contributed by atoms with Gasteiger partial charge in [0.25, 0.3) is 0 Å². The Hall–Kier alpha value is -4.06. The minimum absolute atomic E-state index is 0.0215. The van der Waals surface area contributed by atoms with Crippen molar-refractivity contribution in [3.63, 3.8) is 0 Å². The number of methoxy groups -OCH3 is 1. The van der Waals surface area contributed by atoms with Crippen LogP contribution in [-0.4, -0.2) is 81.9 Å². The van der Waals surface area contributed by atoms with Crippen LogP contribution in [0.4, 0.5) is 34.4 Å². The standard InChI is InChI=1S/C30H38ClN7O4/c1-7-29(39)36-22-13-23(26(40-6)14-24(22)38(5)11-10-37(3)4)35-28-15-27(32-19-33-28)34-20-8-9-25(21(31)12-20)42-18-30(2)16-41-17-30/h7-9,12-15,19H,1,10-11,16-18H2,2-6H3,(H,36,39)(H2,32,33,34,35). The van der Waals surface area contributed by atoms with Crippen molar-refractivity contribution in [2.24, 2.45) is 5.41 Å². The molecule has 1 saturated heterocycles. The molecule has 4 rings (SSSR count). The second-order valence-electron chi connectivity index (χ2n) is 10.8. The lowest BCUT2D eigenvalue weighted by molar-refractivity contribution is -0.120. The normalized spacial score (nSPS) is 13.6. The average molecular weight is 596 g/mol. The number of benzene rings is 2. The van der Waals surface area contributed by atoms with Gasteiger partial charge in [-0.25, -0.2) is 9.97 Å². The maximum Gasteiger partial charge on any atom is 0.247 e. The van der Waals surface area contributed by atoms with Crippen LogP contribution < -0.4 is 30.3 Å². The molecular formula is C30H38ClN7O4. The zero-order valence-corrected chi connectivity index (χ0v) is 25.4. The maximum atomic E-state index is 12.2. The van der Waals surface area contributed by atoms with Gasteiger partial charge in [-0.05, 0) is 44.4 Å². The van der Waals surface area contributed by atoms with Crippen LogP contribution in [0, 0.1) is 5.41 Å². The monoisotopic (exact) mass is 595 g/mol. The van der Waals surface area contributed by atoms with Gasteiger partial charge in [0, 0.05) is 43.4 Å². The van der Waals surface area contributed by atoms with E-state index < -0.39 is 0 Å². The van der Waals surface area contributed by atoms with Gasteiger partial charge >= 0.3 is 0 Å². The fourth-order valence-electron chi connectivity index (χ4n) is 4.17. The smallest absolute Gasteiger partial charge is 0.247 e. The van der Waals surface area contributed by atoms with E-state index >= 15 is 0 Å². The first-order valence-electron chi connectivity index (χ1n) is 13.5. The summed E-state index contributed by atoms with van der Waals surface area (Å²) in [5, 5.41) is 9.93. The molecular weight excluding hydrogens is 558 g/mol. The van der Waals surface area contributed by atoms with Crippen molar-refractivity contribution in [2.75, 3.05) is 82.0 Å². The lowest BCUT2D eigenvalue weighted by atomic mass is 9.90. The maximum absolute atomic E-state index is 12.2. The van der Waals surface area contributed by atoms with Crippen LogP contribution >= 0.6 is 11.6 Å². The largest absolute Gasteiger partial charge is 0.494 e. The van der Waals surface area contributed by atoms with Gasteiger partial charge in [0.15, 0.2) is 0 Å². The molecule has 1 aliphatic rings. The van der Waals surface area contributed by atoms with Crippen LogP contribution in [-0.2, 0) is 9.53 Å². The van der Waals surface area contributed by atoms with Crippen molar-refractivity contribution in [1.29, 1.82) is 0 Å². The zero-order chi connectivity index (χ0) is 30.3. The fourth-order valence-corrected chi connectivity index (χ4v) is 4.40. The van der Waals surface area contributed by atoms with E-state index in [1.807, 2.05) is 45.4 Å². The number of carbonyl (C=O) groups excluding carboxylic acids is 1. The van der Waals surface area contributed by atoms with Crippen LogP contribution in [0.2, 0.25) is 5.02 Å². The number of likely N-dealkylation sites (N-methyl/N-ethyl adjacent to an activating group) is 2. The van der Waals surface area contributed by atoms with Gasteiger partial charge in [0.1, 0.15) is 29.5 Å². The summed E-state index contributed by atoms with van der Waals surface area (Å²) in [5.74, 6) is 1.94. The van der Waals surface area contributed by atoms with E-state index in [1.54, 1.807) is 19.2 Å². The molecule has 3 aromatic rings. The highest BCUT2D eigenvalue weighted by atomic mass is 35.5. The first kappa shape index (κ1) is 30.9. The van der Waals surface area contributed by atoms with E-state index in [1.165, 1.54) is 12.4 Å². The number of rotatable bonds is 14. The third-order valence-corrected chi connectivity index (χ3v) is 6.96. The number of nitrogens with zero attached hydrogens (tertiary/aromatic N) is 4. The molecule has 0 atom stereocenters. The van der Waals surface area contributed by atoms with E-state index in [2.05, 4.69) is 49.2 Å². The highest BCUT2D eigenvalue weighted by Crippen LogP contribution is 2.38. The van der Waals surface area contributed by atoms with Crippen LogP contribution in [0.15, 0.2) is 55.4 Å². The number of hydrogen-bond donors (Lipinski definition) is 3. The fraction of sp³-hybridized carbons (Fsp3) is 0.367. The molecule has 224 valence electrons. The summed E-state index contributed by atoms with van der Waals surface area (Å²) < 4.78 is 16.9. The molecule has 0 unspecified atom stereocenters. The summed E-state index contributed by atoms with van der Waals surface area (Å²) >= 11 is 6.49. The minimum atomic E-state index is -0.316. The number of ether oxygens (including phenoxy) is 3. The van der Waals surface area contributed by atoms with Gasteiger partial charge in [-0.3, -0.25) is 4.79 Å². The second kappa shape index (κ2) is 13.7. The number of aromatic nitrogens is 2. The molecule has 0 saturated carbocycles. The van der Waals surface area contributed by atoms with Gasteiger partial charge in [0.2, 0.25) is 5.91 Å². The molecule has 0 aliphatic carbocycles. The number of nitrogens with one attached hydrogen (secondary N) is 3. The molecule has 2 aromatic carbocycles. The van der Waals surface area contributed by atoms with Crippen LogP contribution in [0.25, 0.3) is 0 Å². The van der Waals surface area contributed by atoms with Crippen molar-refractivity contribution in [3.8, 4) is 11.5 Å². The SMILES string of the molecule is C=CC(=O)Nc1cc(Nc2cc(Nc3ccc(OCC4(C)COC4)c(Cl)c3)ncn2)c(OC)cc1N(C)CCN(C)C. The van der Waals surface area contributed by atoms with Gasteiger partial charge in [-0.1, -0.05) is 25.1 Å². The highest BCUT2D eigenvalue weighted by Gasteiger charge is 2.34. The summed E-state index contributed by atoms with van der Waals surface area (Å²) in [6.07, 6.45) is 2.68. The van der Waals surface area contributed by atoms with E-state index in [4.69, 9.17) is 25.8 Å². The lowest BCUT2D eigenvalue weighted by Crippen LogP contribution is -2.44. The van der Waals surface area contributed by atoms with Gasteiger partial charge in [0.05, 0.1) is 49.0 Å². The Morgan fingerprint density at radius 1 is 1.07 bits per heavy atom. The Bertz CT molecular complexity index is 1410. The Morgan fingerprint density at radius 2 is 1.81 bits per heavy atom. The minimum Gasteiger partial charge on any atom is -0.494 e. The van der Waals surface area contributed by atoms with E-state index in [0.717, 1.165) is 24.5 Å². The van der Waals surface area contributed by atoms with Crippen molar-refractivity contribution in [2.45, 2.75) is 6.92 Å². The molecule has 1 fully saturated rings. The average Bonchev–Trinajstić information content (AvgIpc) is 2.94. The number of halogens is 1. The second-order valence-corrected chi connectivity index (χ2v) is 11.2. The van der Waals surface area contributed by atoms with Crippen LogP contribution in [0.1, 0.15) is 6.92 Å². The molecule has 0 bridgehead atoms. The molecule has 12 heteroatoms. The highest BCUT2D eigenvalue weighted by molar-refractivity contribution is 6.32. The Morgan fingerprint density at radius 3 is 2.43 bits per heavy atom. The van der Waals surface area contributed by atoms with Crippen molar-refractivity contribution in [3.05, 3.63) is 60.4 Å². The van der Waals surface area contributed by atoms with Gasteiger partial charge in [-0.2, -0.15) is 0 Å². The molecule has 0 radical (unpaired) electrons. The Kier molecular flexibility index (Phi) is 10.1. The predicted molar refractivity (Wildman–Crippen MR) is 168 cm³/mol. The molecule has 2 heterocycles. The topological polar surface area (TPSA) is 113 Å². The molecule has 11 nitrogen and oxygen atoms in total. The number of amides is 1. The molecule has 1 amide bonds. The predicted octanol–water partition coefficient (Wildman–Crippen LogP) is 5.16. The quantitative estimate of drug-likeness (QED) is 0.216. The first-order valence-corrected chi connectivity index (χ1v) is 13.8. The molecule has 3 N–H and O–H groups in total. The van der Waals surface area contributed by atoms with Crippen molar-refractivity contribution < 1.29 is 19.0 Å². The van der Waals surface area contributed by atoms with E-state index in [-0.39, 0.29) is 11.3 Å². The molecule has 1 aromatic heterocycles.